The number of aliphatic hydroxyl groups is 2. The summed E-state index contributed by atoms with van der Waals surface area (Å²) in [6, 6.07) is -0.698. The molecule has 0 fully saturated rings. The number of hydrogen-bond acceptors (Lipinski definition) is 5. The molecule has 6 heteroatoms. The van der Waals surface area contributed by atoms with Crippen molar-refractivity contribution in [3.63, 3.8) is 0 Å². The standard InChI is InChI=1S/C50H97NO5/c1-4-7-10-13-16-19-22-24-26-28-31-34-37-40-43-50(55)56-46(41-38-35-32-29-21-18-15-12-9-6-3)44-49(54)51-47(45-52)48(53)42-39-36-33-30-27-25-23-20-17-14-11-8-5-2/h18,21,46-48,52-53H,4-17,19-20,22-45H2,1-3H3,(H,51,54)/b21-18-. The molecule has 0 aliphatic carbocycles. The molecular weight excluding hydrogens is 695 g/mol. The van der Waals surface area contributed by atoms with Gasteiger partial charge in [-0.25, -0.2) is 0 Å². The molecule has 332 valence electrons. The number of carbonyl (C=O) groups excluding carboxylic acids is 2. The van der Waals surface area contributed by atoms with Crippen molar-refractivity contribution in [1.29, 1.82) is 0 Å². The van der Waals surface area contributed by atoms with E-state index in [1.165, 1.54) is 161 Å². The molecule has 0 heterocycles. The van der Waals surface area contributed by atoms with Crippen LogP contribution in [-0.4, -0.2) is 46.9 Å². The van der Waals surface area contributed by atoms with Gasteiger partial charge in [-0.1, -0.05) is 219 Å². The van der Waals surface area contributed by atoms with Gasteiger partial charge in [0.2, 0.25) is 5.91 Å². The Kier molecular flexibility index (Phi) is 43.6. The van der Waals surface area contributed by atoms with Gasteiger partial charge < -0.3 is 20.3 Å². The van der Waals surface area contributed by atoms with Crippen molar-refractivity contribution in [3.05, 3.63) is 12.2 Å². The van der Waals surface area contributed by atoms with E-state index < -0.39 is 18.2 Å². The van der Waals surface area contributed by atoms with E-state index in [2.05, 4.69) is 38.2 Å². The molecule has 3 N–H and O–H groups in total. The maximum atomic E-state index is 13.1. The number of aliphatic hydroxyl groups excluding tert-OH is 2. The summed E-state index contributed by atoms with van der Waals surface area (Å²) in [5.74, 6) is -0.476. The van der Waals surface area contributed by atoms with Gasteiger partial charge in [0.25, 0.3) is 0 Å². The Morgan fingerprint density at radius 1 is 0.500 bits per heavy atom. The van der Waals surface area contributed by atoms with Gasteiger partial charge in [-0.05, 0) is 51.4 Å². The zero-order valence-corrected chi connectivity index (χ0v) is 37.8. The number of ether oxygens (including phenoxy) is 1. The topological polar surface area (TPSA) is 95.9 Å². The first-order chi connectivity index (χ1) is 27.5. The van der Waals surface area contributed by atoms with E-state index in [0.717, 1.165) is 64.2 Å². The van der Waals surface area contributed by atoms with E-state index >= 15 is 0 Å². The minimum atomic E-state index is -0.784. The summed E-state index contributed by atoms with van der Waals surface area (Å²) in [5.41, 5.74) is 0. The highest BCUT2D eigenvalue weighted by Gasteiger charge is 2.24. The molecule has 0 aromatic heterocycles. The van der Waals surface area contributed by atoms with Crippen LogP contribution in [0.2, 0.25) is 0 Å². The van der Waals surface area contributed by atoms with Crippen LogP contribution in [0.1, 0.15) is 271 Å². The lowest BCUT2D eigenvalue weighted by atomic mass is 10.0. The first-order valence-electron chi connectivity index (χ1n) is 24.9. The van der Waals surface area contributed by atoms with Crippen LogP contribution in [0.5, 0.6) is 0 Å². The van der Waals surface area contributed by atoms with Crippen LogP contribution in [-0.2, 0) is 14.3 Å². The SMILES string of the molecule is CCCCC/C=C\CCCCCC(CC(=O)NC(CO)C(O)CCCCCCCCCCCCCCC)OC(=O)CCCCCCCCCCCCCCCC. The number of esters is 1. The van der Waals surface area contributed by atoms with Gasteiger partial charge in [-0.15, -0.1) is 0 Å². The fourth-order valence-electron chi connectivity index (χ4n) is 7.78. The highest BCUT2D eigenvalue weighted by Crippen LogP contribution is 2.18. The lowest BCUT2D eigenvalue weighted by molar-refractivity contribution is -0.151. The smallest absolute Gasteiger partial charge is 0.306 e. The second-order valence-corrected chi connectivity index (χ2v) is 17.2. The second-order valence-electron chi connectivity index (χ2n) is 17.2. The third kappa shape index (κ3) is 39.4. The van der Waals surface area contributed by atoms with E-state index in [1.807, 2.05) is 0 Å². The summed E-state index contributed by atoms with van der Waals surface area (Å²) >= 11 is 0. The zero-order valence-electron chi connectivity index (χ0n) is 37.8. The lowest BCUT2D eigenvalue weighted by Gasteiger charge is -2.24. The molecule has 0 aliphatic heterocycles. The molecule has 3 unspecified atom stereocenters. The maximum absolute atomic E-state index is 13.1. The molecule has 0 saturated heterocycles. The fourth-order valence-corrected chi connectivity index (χ4v) is 7.78. The van der Waals surface area contributed by atoms with Gasteiger partial charge in [0.15, 0.2) is 0 Å². The van der Waals surface area contributed by atoms with Crippen LogP contribution in [0.25, 0.3) is 0 Å². The number of allylic oxidation sites excluding steroid dienone is 2. The van der Waals surface area contributed by atoms with E-state index in [0.29, 0.717) is 19.3 Å². The normalized spacial score (nSPS) is 13.3. The highest BCUT2D eigenvalue weighted by atomic mass is 16.5. The van der Waals surface area contributed by atoms with Crippen molar-refractivity contribution < 1.29 is 24.5 Å². The van der Waals surface area contributed by atoms with Crippen molar-refractivity contribution in [2.75, 3.05) is 6.61 Å². The van der Waals surface area contributed by atoms with Crippen LogP contribution in [0.3, 0.4) is 0 Å². The molecule has 1 amide bonds. The van der Waals surface area contributed by atoms with E-state index in [1.54, 1.807) is 0 Å². The van der Waals surface area contributed by atoms with E-state index in [-0.39, 0.29) is 24.9 Å². The van der Waals surface area contributed by atoms with Crippen molar-refractivity contribution in [1.82, 2.24) is 5.32 Å². The third-order valence-corrected chi connectivity index (χ3v) is 11.6. The number of hydrogen-bond donors (Lipinski definition) is 3. The van der Waals surface area contributed by atoms with Crippen LogP contribution in [0, 0.1) is 0 Å². The quantitative estimate of drug-likeness (QED) is 0.0324. The van der Waals surface area contributed by atoms with Crippen molar-refractivity contribution in [2.24, 2.45) is 0 Å². The molecule has 0 spiro atoms. The van der Waals surface area contributed by atoms with Crippen molar-refractivity contribution in [2.45, 2.75) is 289 Å². The third-order valence-electron chi connectivity index (χ3n) is 11.6. The first-order valence-corrected chi connectivity index (χ1v) is 24.9. The van der Waals surface area contributed by atoms with Crippen LogP contribution >= 0.6 is 0 Å². The Balaban J connectivity index is 4.49. The molecule has 6 nitrogen and oxygen atoms in total. The summed E-state index contributed by atoms with van der Waals surface area (Å²) in [6.45, 7) is 6.46. The van der Waals surface area contributed by atoms with Crippen molar-refractivity contribution in [3.8, 4) is 0 Å². The van der Waals surface area contributed by atoms with Gasteiger partial charge in [-0.3, -0.25) is 9.59 Å². The van der Waals surface area contributed by atoms with E-state index in [4.69, 9.17) is 4.74 Å². The Morgan fingerprint density at radius 3 is 1.30 bits per heavy atom. The van der Waals surface area contributed by atoms with Crippen LogP contribution in [0.4, 0.5) is 0 Å². The Hall–Kier alpha value is -1.40. The highest BCUT2D eigenvalue weighted by molar-refractivity contribution is 5.77. The largest absolute Gasteiger partial charge is 0.462 e. The minimum Gasteiger partial charge on any atom is -0.462 e. The summed E-state index contributed by atoms with van der Waals surface area (Å²) < 4.78 is 5.91. The summed E-state index contributed by atoms with van der Waals surface area (Å²) in [4.78, 5) is 26.0. The zero-order chi connectivity index (χ0) is 41.0. The van der Waals surface area contributed by atoms with Gasteiger partial charge in [-0.2, -0.15) is 0 Å². The summed E-state index contributed by atoms with van der Waals surface area (Å²) in [6.07, 6.45) is 48.4. The van der Waals surface area contributed by atoms with E-state index in [9.17, 15) is 19.8 Å². The lowest BCUT2D eigenvalue weighted by Crippen LogP contribution is -2.46. The molecule has 0 radical (unpaired) electrons. The van der Waals surface area contributed by atoms with Gasteiger partial charge in [0.1, 0.15) is 6.10 Å². The first kappa shape index (κ1) is 54.6. The monoisotopic (exact) mass is 792 g/mol. The average Bonchev–Trinajstić information content (AvgIpc) is 3.19. The molecule has 0 rings (SSSR count). The summed E-state index contributed by atoms with van der Waals surface area (Å²) in [7, 11) is 0. The van der Waals surface area contributed by atoms with Gasteiger partial charge in [0.05, 0.1) is 25.2 Å². The predicted molar refractivity (Wildman–Crippen MR) is 241 cm³/mol. The number of rotatable bonds is 45. The number of nitrogens with one attached hydrogen (secondary N) is 1. The molecule has 56 heavy (non-hydrogen) atoms. The van der Waals surface area contributed by atoms with Gasteiger partial charge in [0, 0.05) is 6.42 Å². The Morgan fingerprint density at radius 2 is 0.857 bits per heavy atom. The Labute approximate surface area is 349 Å². The number of amides is 1. The molecule has 0 aliphatic rings. The number of carbonyl (C=O) groups is 2. The fraction of sp³-hybridized carbons (Fsp3) is 0.920. The second kappa shape index (κ2) is 44.7. The van der Waals surface area contributed by atoms with Crippen molar-refractivity contribution >= 4 is 11.9 Å². The molecule has 0 saturated carbocycles. The minimum absolute atomic E-state index is 0.0732. The molecule has 0 bridgehead atoms. The van der Waals surface area contributed by atoms with Gasteiger partial charge >= 0.3 is 5.97 Å². The van der Waals surface area contributed by atoms with Crippen LogP contribution in [0.15, 0.2) is 12.2 Å². The predicted octanol–water partition coefficient (Wildman–Crippen LogP) is 14.6. The molecule has 3 atom stereocenters. The number of unbranched alkanes of at least 4 members (excludes halogenated alkanes) is 31. The van der Waals surface area contributed by atoms with Crippen LogP contribution < -0.4 is 5.32 Å². The average molecular weight is 792 g/mol. The molecule has 0 aromatic carbocycles. The Bertz CT molecular complexity index is 847. The molecule has 0 aromatic rings. The molecular formula is C50H97NO5. The summed E-state index contributed by atoms with van der Waals surface area (Å²) in [5, 5.41) is 23.7. The maximum Gasteiger partial charge on any atom is 0.306 e.